The molecule has 28 heavy (non-hydrogen) atoms. The van der Waals surface area contributed by atoms with Crippen LogP contribution in [0, 0.1) is 6.92 Å². The first kappa shape index (κ1) is 17.4. The lowest BCUT2D eigenvalue weighted by Crippen LogP contribution is -2.04. The van der Waals surface area contributed by atoms with Crippen LogP contribution in [0.25, 0.3) is 17.1 Å². The molecule has 0 fully saturated rings. The zero-order valence-corrected chi connectivity index (χ0v) is 15.2. The molecule has 4 rings (SSSR count). The second-order valence-corrected chi connectivity index (χ2v) is 6.17. The molecular formula is C21H18N6O. The van der Waals surface area contributed by atoms with Crippen LogP contribution in [0.1, 0.15) is 11.3 Å². The number of hydrogen-bond donors (Lipinski definition) is 2. The number of aryl methyl sites for hydroxylation is 1. The van der Waals surface area contributed by atoms with E-state index in [1.54, 1.807) is 41.2 Å². The van der Waals surface area contributed by atoms with E-state index < -0.39 is 0 Å². The van der Waals surface area contributed by atoms with Crippen molar-refractivity contribution in [3.8, 4) is 22.8 Å². The summed E-state index contributed by atoms with van der Waals surface area (Å²) in [5.74, 6) is 1.41. The molecule has 0 saturated heterocycles. The summed E-state index contributed by atoms with van der Waals surface area (Å²) < 4.78 is 1.79. The molecule has 4 aromatic rings. The van der Waals surface area contributed by atoms with Gasteiger partial charge in [-0.05, 0) is 42.8 Å². The minimum atomic E-state index is 0.217. The molecule has 0 unspecified atom stereocenters. The van der Waals surface area contributed by atoms with Crippen molar-refractivity contribution < 1.29 is 5.11 Å². The summed E-state index contributed by atoms with van der Waals surface area (Å²) in [6, 6.07) is 20.6. The standard InChI is InChI=1S/C21H18N6O/c1-15-11-19(17-5-3-2-4-6-17)27(26-15)21-12-20(22-14-23-21)25-24-13-16-7-9-18(28)10-8-16/h2-14,28H,1H3,(H,22,23,25)/b24-13-. The third-order valence-corrected chi connectivity index (χ3v) is 4.06. The van der Waals surface area contributed by atoms with Crippen molar-refractivity contribution in [1.29, 1.82) is 0 Å². The second kappa shape index (κ2) is 7.71. The number of phenols is 1. The largest absolute Gasteiger partial charge is 0.508 e. The molecule has 2 aromatic carbocycles. The maximum Gasteiger partial charge on any atom is 0.159 e. The van der Waals surface area contributed by atoms with Crippen LogP contribution in [0.4, 0.5) is 5.82 Å². The Hall–Kier alpha value is -4.00. The minimum Gasteiger partial charge on any atom is -0.508 e. The van der Waals surface area contributed by atoms with E-state index in [1.807, 2.05) is 43.3 Å². The highest BCUT2D eigenvalue weighted by Crippen LogP contribution is 2.23. The maximum absolute atomic E-state index is 9.32. The maximum atomic E-state index is 9.32. The number of anilines is 1. The van der Waals surface area contributed by atoms with Crippen molar-refractivity contribution in [3.63, 3.8) is 0 Å². The van der Waals surface area contributed by atoms with Gasteiger partial charge in [-0.25, -0.2) is 14.6 Å². The Bertz CT molecular complexity index is 1100. The first-order chi connectivity index (χ1) is 13.7. The second-order valence-electron chi connectivity index (χ2n) is 6.17. The van der Waals surface area contributed by atoms with Crippen LogP contribution >= 0.6 is 0 Å². The molecular weight excluding hydrogens is 352 g/mol. The van der Waals surface area contributed by atoms with E-state index >= 15 is 0 Å². The van der Waals surface area contributed by atoms with E-state index in [0.29, 0.717) is 11.6 Å². The van der Waals surface area contributed by atoms with Crippen molar-refractivity contribution in [2.24, 2.45) is 5.10 Å². The van der Waals surface area contributed by atoms with Gasteiger partial charge in [0.25, 0.3) is 0 Å². The topological polar surface area (TPSA) is 88.2 Å². The Morgan fingerprint density at radius 1 is 1.00 bits per heavy atom. The molecule has 0 atom stereocenters. The average Bonchev–Trinajstić information content (AvgIpc) is 3.12. The number of phenolic OH excluding ortho intramolecular Hbond substituents is 1. The average molecular weight is 370 g/mol. The van der Waals surface area contributed by atoms with E-state index in [1.165, 1.54) is 6.33 Å². The van der Waals surface area contributed by atoms with Gasteiger partial charge in [0, 0.05) is 11.6 Å². The predicted octanol–water partition coefficient (Wildman–Crippen LogP) is 3.79. The highest BCUT2D eigenvalue weighted by atomic mass is 16.3. The van der Waals surface area contributed by atoms with Gasteiger partial charge < -0.3 is 5.11 Å². The van der Waals surface area contributed by atoms with Gasteiger partial charge in [-0.1, -0.05) is 30.3 Å². The Morgan fingerprint density at radius 3 is 2.57 bits per heavy atom. The van der Waals surface area contributed by atoms with E-state index in [4.69, 9.17) is 0 Å². The van der Waals surface area contributed by atoms with Gasteiger partial charge in [-0.15, -0.1) is 0 Å². The van der Waals surface area contributed by atoms with Crippen molar-refractivity contribution in [1.82, 2.24) is 19.7 Å². The number of rotatable bonds is 5. The van der Waals surface area contributed by atoms with Crippen LogP contribution in [0.2, 0.25) is 0 Å². The van der Waals surface area contributed by atoms with Crippen LogP contribution in [0.15, 0.2) is 78.2 Å². The summed E-state index contributed by atoms with van der Waals surface area (Å²) in [6.45, 7) is 1.95. The molecule has 0 aliphatic heterocycles. The summed E-state index contributed by atoms with van der Waals surface area (Å²) in [7, 11) is 0. The van der Waals surface area contributed by atoms with Gasteiger partial charge >= 0.3 is 0 Å². The summed E-state index contributed by atoms with van der Waals surface area (Å²) in [4.78, 5) is 8.56. The normalized spacial score (nSPS) is 11.0. The number of benzene rings is 2. The molecule has 138 valence electrons. The summed E-state index contributed by atoms with van der Waals surface area (Å²) in [5, 5.41) is 18.1. The molecule has 0 aliphatic carbocycles. The van der Waals surface area contributed by atoms with Gasteiger partial charge in [0.15, 0.2) is 11.6 Å². The molecule has 7 heteroatoms. The highest BCUT2D eigenvalue weighted by Gasteiger charge is 2.11. The van der Waals surface area contributed by atoms with Crippen molar-refractivity contribution in [3.05, 3.63) is 84.3 Å². The smallest absolute Gasteiger partial charge is 0.159 e. The molecule has 2 N–H and O–H groups in total. The minimum absolute atomic E-state index is 0.217. The number of hydrazone groups is 1. The SMILES string of the molecule is Cc1cc(-c2ccccc2)n(-c2cc(N/N=C\c3ccc(O)cc3)ncn2)n1. The molecule has 7 nitrogen and oxygen atoms in total. The fourth-order valence-corrected chi connectivity index (χ4v) is 2.75. The quantitative estimate of drug-likeness (QED) is 0.412. The van der Waals surface area contributed by atoms with Gasteiger partial charge in [0.1, 0.15) is 12.1 Å². The molecule has 0 bridgehead atoms. The lowest BCUT2D eigenvalue weighted by molar-refractivity contribution is 0.475. The molecule has 0 saturated carbocycles. The molecule has 0 aliphatic rings. The van der Waals surface area contributed by atoms with Crippen molar-refractivity contribution >= 4 is 12.0 Å². The fraction of sp³-hybridized carbons (Fsp3) is 0.0476. The number of nitrogens with one attached hydrogen (secondary N) is 1. The van der Waals surface area contributed by atoms with Gasteiger partial charge in [0.2, 0.25) is 0 Å². The number of nitrogens with zero attached hydrogens (tertiary/aromatic N) is 5. The molecule has 2 aromatic heterocycles. The van der Waals surface area contributed by atoms with E-state index in [0.717, 1.165) is 22.5 Å². The molecule has 0 amide bonds. The van der Waals surface area contributed by atoms with E-state index in [2.05, 4.69) is 25.6 Å². The van der Waals surface area contributed by atoms with Gasteiger partial charge in [0.05, 0.1) is 17.6 Å². The monoisotopic (exact) mass is 370 g/mol. The van der Waals surface area contributed by atoms with E-state index in [-0.39, 0.29) is 5.75 Å². The zero-order chi connectivity index (χ0) is 19.3. The van der Waals surface area contributed by atoms with E-state index in [9.17, 15) is 5.11 Å². The highest BCUT2D eigenvalue weighted by molar-refractivity contribution is 5.80. The summed E-state index contributed by atoms with van der Waals surface area (Å²) >= 11 is 0. The summed E-state index contributed by atoms with van der Waals surface area (Å²) in [5.41, 5.74) is 6.67. The lowest BCUT2D eigenvalue weighted by atomic mass is 10.1. The van der Waals surface area contributed by atoms with Crippen LogP contribution in [-0.4, -0.2) is 31.1 Å². The Kier molecular flexibility index (Phi) is 4.79. The van der Waals surface area contributed by atoms with Crippen molar-refractivity contribution in [2.45, 2.75) is 6.92 Å². The van der Waals surface area contributed by atoms with Crippen molar-refractivity contribution in [2.75, 3.05) is 5.43 Å². The zero-order valence-electron chi connectivity index (χ0n) is 15.2. The third-order valence-electron chi connectivity index (χ3n) is 4.06. The Labute approximate surface area is 162 Å². The Morgan fingerprint density at radius 2 is 1.79 bits per heavy atom. The number of aromatic hydroxyl groups is 1. The molecule has 0 spiro atoms. The molecule has 0 radical (unpaired) electrons. The summed E-state index contributed by atoms with van der Waals surface area (Å²) in [6.07, 6.45) is 3.12. The Balaban J connectivity index is 1.59. The van der Waals surface area contributed by atoms with Crippen LogP contribution in [0.3, 0.4) is 0 Å². The van der Waals surface area contributed by atoms with Crippen LogP contribution in [0.5, 0.6) is 5.75 Å². The fourth-order valence-electron chi connectivity index (χ4n) is 2.75. The van der Waals surface area contributed by atoms with Crippen LogP contribution in [-0.2, 0) is 0 Å². The third kappa shape index (κ3) is 3.88. The van der Waals surface area contributed by atoms with Crippen LogP contribution < -0.4 is 5.43 Å². The number of hydrogen-bond acceptors (Lipinski definition) is 6. The lowest BCUT2D eigenvalue weighted by Gasteiger charge is -2.07. The first-order valence-electron chi connectivity index (χ1n) is 8.72. The first-order valence-corrected chi connectivity index (χ1v) is 8.72. The predicted molar refractivity (Wildman–Crippen MR) is 109 cm³/mol. The van der Waals surface area contributed by atoms with Gasteiger partial charge in [-0.3, -0.25) is 5.43 Å². The number of aromatic nitrogens is 4. The molecule has 2 heterocycles. The van der Waals surface area contributed by atoms with Gasteiger partial charge in [-0.2, -0.15) is 10.2 Å².